The molecule has 0 aliphatic carbocycles. The van der Waals surface area contributed by atoms with Gasteiger partial charge in [-0.15, -0.1) is 0 Å². The minimum atomic E-state index is -0.213. The Morgan fingerprint density at radius 1 is 1.45 bits per heavy atom. The Labute approximate surface area is 121 Å². The third kappa shape index (κ3) is 4.47. The van der Waals surface area contributed by atoms with Gasteiger partial charge in [0, 0.05) is 19.6 Å². The van der Waals surface area contributed by atoms with Gasteiger partial charge in [-0.25, -0.2) is 0 Å². The molecule has 0 aromatic heterocycles. The highest BCUT2D eigenvalue weighted by Gasteiger charge is 2.32. The van der Waals surface area contributed by atoms with Gasteiger partial charge >= 0.3 is 0 Å². The van der Waals surface area contributed by atoms with Crippen LogP contribution in [0.3, 0.4) is 0 Å². The van der Waals surface area contributed by atoms with Crippen LogP contribution in [0, 0.1) is 6.92 Å². The summed E-state index contributed by atoms with van der Waals surface area (Å²) in [4.78, 5) is 2.29. The van der Waals surface area contributed by atoms with Gasteiger partial charge < -0.3 is 14.6 Å². The van der Waals surface area contributed by atoms with Crippen molar-refractivity contribution >= 4 is 0 Å². The molecular weight excluding hydrogens is 254 g/mol. The first-order chi connectivity index (χ1) is 9.48. The van der Waals surface area contributed by atoms with Crippen molar-refractivity contribution in [1.82, 2.24) is 4.90 Å². The highest BCUT2D eigenvalue weighted by Crippen LogP contribution is 2.20. The Bertz CT molecular complexity index is 433. The Hall–Kier alpha value is -1.10. The van der Waals surface area contributed by atoms with E-state index in [0.717, 1.165) is 25.4 Å². The molecule has 0 bridgehead atoms. The second kappa shape index (κ2) is 6.57. The summed E-state index contributed by atoms with van der Waals surface area (Å²) in [5.41, 5.74) is 0.991. The number of benzene rings is 1. The molecule has 4 heteroatoms. The van der Waals surface area contributed by atoms with E-state index in [4.69, 9.17) is 9.47 Å². The van der Waals surface area contributed by atoms with Crippen molar-refractivity contribution in [2.75, 3.05) is 32.8 Å². The first-order valence-corrected chi connectivity index (χ1v) is 7.19. The van der Waals surface area contributed by atoms with Crippen molar-refractivity contribution in [3.05, 3.63) is 29.8 Å². The number of aryl methyl sites for hydroxylation is 1. The Kier molecular flexibility index (Phi) is 5.02. The van der Waals surface area contributed by atoms with Crippen LogP contribution in [0.1, 0.15) is 19.4 Å². The van der Waals surface area contributed by atoms with Gasteiger partial charge in [-0.05, 0) is 38.5 Å². The molecule has 1 aromatic rings. The summed E-state index contributed by atoms with van der Waals surface area (Å²) < 4.78 is 11.6. The summed E-state index contributed by atoms with van der Waals surface area (Å²) >= 11 is 0. The van der Waals surface area contributed by atoms with E-state index < -0.39 is 0 Å². The zero-order chi connectivity index (χ0) is 14.6. The summed E-state index contributed by atoms with van der Waals surface area (Å²) in [7, 11) is 0. The van der Waals surface area contributed by atoms with Gasteiger partial charge in [-0.3, -0.25) is 4.90 Å². The predicted octanol–water partition coefficient (Wildman–Crippen LogP) is 1.85. The molecule has 0 saturated carbocycles. The number of hydrogen-bond acceptors (Lipinski definition) is 4. The molecule has 112 valence electrons. The summed E-state index contributed by atoms with van der Waals surface area (Å²) in [6.07, 6.45) is -0.0993. The van der Waals surface area contributed by atoms with Crippen LogP contribution in [0.2, 0.25) is 0 Å². The Morgan fingerprint density at radius 3 is 2.95 bits per heavy atom. The lowest BCUT2D eigenvalue weighted by Crippen LogP contribution is -2.54. The number of morpholine rings is 1. The van der Waals surface area contributed by atoms with Crippen LogP contribution in [0.5, 0.6) is 5.75 Å². The smallest absolute Gasteiger partial charge is 0.119 e. The summed E-state index contributed by atoms with van der Waals surface area (Å²) in [6.45, 7) is 9.36. The largest absolute Gasteiger partial charge is 0.492 e. The molecular formula is C16H25NO3. The molecule has 1 aliphatic rings. The van der Waals surface area contributed by atoms with Crippen LogP contribution in [-0.2, 0) is 4.74 Å². The zero-order valence-corrected chi connectivity index (χ0v) is 12.6. The number of ether oxygens (including phenoxy) is 2. The van der Waals surface area contributed by atoms with Crippen molar-refractivity contribution in [1.29, 1.82) is 0 Å². The highest BCUT2D eigenvalue weighted by molar-refractivity contribution is 5.27. The van der Waals surface area contributed by atoms with Crippen LogP contribution in [0.15, 0.2) is 24.3 Å². The molecule has 1 N–H and O–H groups in total. The van der Waals surface area contributed by atoms with E-state index in [1.54, 1.807) is 0 Å². The second-order valence-electron chi connectivity index (χ2n) is 6.08. The maximum Gasteiger partial charge on any atom is 0.119 e. The Morgan fingerprint density at radius 2 is 2.25 bits per heavy atom. The normalized spacial score (nSPS) is 22.7. The molecule has 4 nitrogen and oxygen atoms in total. The van der Waals surface area contributed by atoms with Crippen LogP contribution < -0.4 is 4.74 Å². The molecule has 0 amide bonds. The summed E-state index contributed by atoms with van der Waals surface area (Å²) in [6, 6.07) is 8.08. The van der Waals surface area contributed by atoms with Crippen molar-refractivity contribution in [3.63, 3.8) is 0 Å². The number of rotatable bonds is 5. The molecule has 1 aromatic carbocycles. The van der Waals surface area contributed by atoms with Crippen molar-refractivity contribution in [3.8, 4) is 5.75 Å². The molecule has 0 spiro atoms. The average molecular weight is 279 g/mol. The third-order valence-corrected chi connectivity index (χ3v) is 3.42. The SMILES string of the molecule is Cc1cccc(OCCN2CC(CO)OC(C)(C)C2)c1. The van der Waals surface area contributed by atoms with E-state index in [0.29, 0.717) is 6.61 Å². The number of nitrogens with zero attached hydrogens (tertiary/aromatic N) is 1. The fourth-order valence-electron chi connectivity index (χ4n) is 2.68. The van der Waals surface area contributed by atoms with E-state index in [9.17, 15) is 5.11 Å². The van der Waals surface area contributed by atoms with Gasteiger partial charge in [-0.2, -0.15) is 0 Å². The lowest BCUT2D eigenvalue weighted by atomic mass is 10.1. The van der Waals surface area contributed by atoms with E-state index in [1.165, 1.54) is 5.56 Å². The molecule has 2 rings (SSSR count). The van der Waals surface area contributed by atoms with Crippen molar-refractivity contribution in [2.24, 2.45) is 0 Å². The minimum Gasteiger partial charge on any atom is -0.492 e. The first-order valence-electron chi connectivity index (χ1n) is 7.19. The number of aliphatic hydroxyl groups is 1. The molecule has 1 atom stereocenters. The molecule has 1 heterocycles. The summed E-state index contributed by atoms with van der Waals surface area (Å²) in [5.74, 6) is 0.913. The fourth-order valence-corrected chi connectivity index (χ4v) is 2.68. The van der Waals surface area contributed by atoms with Crippen LogP contribution in [-0.4, -0.2) is 54.6 Å². The standard InChI is InChI=1S/C16H25NO3/c1-13-5-4-6-14(9-13)19-8-7-17-10-15(11-18)20-16(2,3)12-17/h4-6,9,15,18H,7-8,10-12H2,1-3H3. The van der Waals surface area contributed by atoms with Crippen molar-refractivity contribution < 1.29 is 14.6 Å². The molecule has 1 fully saturated rings. The van der Waals surface area contributed by atoms with Gasteiger partial charge in [-0.1, -0.05) is 12.1 Å². The quantitative estimate of drug-likeness (QED) is 0.893. The summed E-state index contributed by atoms with van der Waals surface area (Å²) in [5, 5.41) is 9.29. The van der Waals surface area contributed by atoms with Crippen LogP contribution in [0.25, 0.3) is 0 Å². The zero-order valence-electron chi connectivity index (χ0n) is 12.6. The van der Waals surface area contributed by atoms with E-state index in [1.807, 2.05) is 18.2 Å². The molecule has 1 unspecified atom stereocenters. The first kappa shape index (κ1) is 15.3. The van der Waals surface area contributed by atoms with E-state index >= 15 is 0 Å². The second-order valence-corrected chi connectivity index (χ2v) is 6.08. The van der Waals surface area contributed by atoms with E-state index in [-0.39, 0.29) is 18.3 Å². The molecule has 1 aliphatic heterocycles. The number of aliphatic hydroxyl groups excluding tert-OH is 1. The van der Waals surface area contributed by atoms with Crippen LogP contribution >= 0.6 is 0 Å². The maximum absolute atomic E-state index is 9.29. The minimum absolute atomic E-state index is 0.0681. The van der Waals surface area contributed by atoms with Gasteiger partial charge in [0.2, 0.25) is 0 Å². The maximum atomic E-state index is 9.29. The predicted molar refractivity (Wildman–Crippen MR) is 79.2 cm³/mol. The highest BCUT2D eigenvalue weighted by atomic mass is 16.5. The van der Waals surface area contributed by atoms with Gasteiger partial charge in [0.05, 0.1) is 18.3 Å². The van der Waals surface area contributed by atoms with Gasteiger partial charge in [0.15, 0.2) is 0 Å². The molecule has 0 radical (unpaired) electrons. The van der Waals surface area contributed by atoms with E-state index in [2.05, 4.69) is 31.7 Å². The van der Waals surface area contributed by atoms with Crippen molar-refractivity contribution in [2.45, 2.75) is 32.5 Å². The monoisotopic (exact) mass is 279 g/mol. The number of hydrogen-bond donors (Lipinski definition) is 1. The van der Waals surface area contributed by atoms with Gasteiger partial charge in [0.1, 0.15) is 12.4 Å². The van der Waals surface area contributed by atoms with Gasteiger partial charge in [0.25, 0.3) is 0 Å². The lowest BCUT2D eigenvalue weighted by Gasteiger charge is -2.42. The lowest BCUT2D eigenvalue weighted by molar-refractivity contribution is -0.149. The topological polar surface area (TPSA) is 41.9 Å². The average Bonchev–Trinajstić information content (AvgIpc) is 2.37. The fraction of sp³-hybridized carbons (Fsp3) is 0.625. The Balaban J connectivity index is 1.81. The molecule has 1 saturated heterocycles. The van der Waals surface area contributed by atoms with Crippen LogP contribution in [0.4, 0.5) is 0 Å². The third-order valence-electron chi connectivity index (χ3n) is 3.42. The molecule has 20 heavy (non-hydrogen) atoms.